The normalized spacial score (nSPS) is 28.2. The van der Waals surface area contributed by atoms with Gasteiger partial charge < -0.3 is 20.1 Å². The zero-order valence-corrected chi connectivity index (χ0v) is 19.6. The predicted octanol–water partition coefficient (Wildman–Crippen LogP) is 4.02. The van der Waals surface area contributed by atoms with Crippen LogP contribution in [0.4, 0.5) is 4.79 Å². The molecule has 3 aliphatic carbocycles. The average Bonchev–Trinajstić information content (AvgIpc) is 3.59. The first-order chi connectivity index (χ1) is 17.0. The van der Waals surface area contributed by atoms with Crippen molar-refractivity contribution in [3.8, 4) is 11.1 Å². The van der Waals surface area contributed by atoms with Gasteiger partial charge in [0.15, 0.2) is 0 Å². The Morgan fingerprint density at radius 2 is 1.66 bits per heavy atom. The maximum absolute atomic E-state index is 12.8. The van der Waals surface area contributed by atoms with Crippen molar-refractivity contribution in [1.82, 2.24) is 10.2 Å². The molecule has 35 heavy (non-hydrogen) atoms. The summed E-state index contributed by atoms with van der Waals surface area (Å²) >= 11 is 0. The Hall–Kier alpha value is -3.35. The number of ether oxygens (including phenoxy) is 1. The van der Waals surface area contributed by atoms with Crippen LogP contribution in [0.5, 0.6) is 0 Å². The van der Waals surface area contributed by atoms with E-state index in [1.165, 1.54) is 22.3 Å². The minimum atomic E-state index is -0.783. The van der Waals surface area contributed by atoms with Crippen molar-refractivity contribution in [3.63, 3.8) is 0 Å². The van der Waals surface area contributed by atoms with Crippen molar-refractivity contribution in [2.45, 2.75) is 50.1 Å². The Morgan fingerprint density at radius 3 is 2.31 bits per heavy atom. The van der Waals surface area contributed by atoms with E-state index in [0.29, 0.717) is 13.0 Å². The van der Waals surface area contributed by atoms with Crippen LogP contribution in [-0.4, -0.2) is 53.2 Å². The zero-order chi connectivity index (χ0) is 24.1. The lowest BCUT2D eigenvalue weighted by atomic mass is 9.74. The highest BCUT2D eigenvalue weighted by atomic mass is 16.5. The topological polar surface area (TPSA) is 95.9 Å². The van der Waals surface area contributed by atoms with Gasteiger partial charge in [0, 0.05) is 31.0 Å². The highest BCUT2D eigenvalue weighted by Crippen LogP contribution is 2.47. The Labute approximate surface area is 204 Å². The number of carbonyl (C=O) groups is 3. The lowest BCUT2D eigenvalue weighted by molar-refractivity contribution is -0.148. The fourth-order valence-electron chi connectivity index (χ4n) is 6.83. The molecule has 2 bridgehead atoms. The highest BCUT2D eigenvalue weighted by Gasteiger charge is 2.57. The maximum Gasteiger partial charge on any atom is 0.407 e. The molecule has 4 fully saturated rings. The van der Waals surface area contributed by atoms with E-state index in [-0.39, 0.29) is 48.3 Å². The van der Waals surface area contributed by atoms with Gasteiger partial charge in [0.25, 0.3) is 0 Å². The monoisotopic (exact) mass is 474 g/mol. The van der Waals surface area contributed by atoms with Gasteiger partial charge in [0.05, 0.1) is 5.92 Å². The molecule has 7 nitrogen and oxygen atoms in total. The second-order valence-electron chi connectivity index (χ2n) is 10.5. The molecule has 0 radical (unpaired) electrons. The number of hydrogen-bond donors (Lipinski definition) is 2. The van der Waals surface area contributed by atoms with E-state index in [4.69, 9.17) is 4.74 Å². The predicted molar refractivity (Wildman–Crippen MR) is 129 cm³/mol. The first-order valence-electron chi connectivity index (χ1n) is 12.6. The molecule has 182 valence electrons. The van der Waals surface area contributed by atoms with Crippen molar-refractivity contribution in [3.05, 3.63) is 59.7 Å². The van der Waals surface area contributed by atoms with Crippen molar-refractivity contribution < 1.29 is 24.2 Å². The number of benzene rings is 2. The third-order valence-corrected chi connectivity index (χ3v) is 8.57. The summed E-state index contributed by atoms with van der Waals surface area (Å²) in [5, 5.41) is 12.3. The molecular formula is C28H30N2O5. The molecule has 2 aromatic carbocycles. The second kappa shape index (κ2) is 8.70. The van der Waals surface area contributed by atoms with Crippen LogP contribution in [0.2, 0.25) is 0 Å². The van der Waals surface area contributed by atoms with Crippen LogP contribution >= 0.6 is 0 Å². The Kier molecular flexibility index (Phi) is 5.50. The van der Waals surface area contributed by atoms with Gasteiger partial charge in [-0.2, -0.15) is 0 Å². The van der Waals surface area contributed by atoms with Gasteiger partial charge in [-0.05, 0) is 59.8 Å². The first kappa shape index (κ1) is 22.1. The van der Waals surface area contributed by atoms with E-state index in [0.717, 1.165) is 25.7 Å². The number of amides is 2. The molecule has 2 heterocycles. The van der Waals surface area contributed by atoms with Crippen molar-refractivity contribution in [2.75, 3.05) is 13.2 Å². The molecule has 2 aliphatic heterocycles. The largest absolute Gasteiger partial charge is 0.481 e. The van der Waals surface area contributed by atoms with E-state index in [1.807, 2.05) is 24.3 Å². The molecule has 2 saturated carbocycles. The third kappa shape index (κ3) is 3.87. The van der Waals surface area contributed by atoms with E-state index in [9.17, 15) is 19.5 Å². The number of nitrogens with one attached hydrogen (secondary N) is 1. The summed E-state index contributed by atoms with van der Waals surface area (Å²) in [6, 6.07) is 16.4. The molecule has 5 aliphatic rings. The number of nitrogens with zero attached hydrogens (tertiary/aromatic N) is 1. The molecule has 5 atom stereocenters. The van der Waals surface area contributed by atoms with Crippen molar-refractivity contribution >= 4 is 18.0 Å². The Balaban J connectivity index is 0.994. The SMILES string of the molecule is O=C(N[C@@H]1CC[C@H](CC(=O)N2CC3CC2C3C(=O)O)C1)OCC1c2ccccc2-c2ccccc21. The summed E-state index contributed by atoms with van der Waals surface area (Å²) in [5.41, 5.74) is 4.77. The summed E-state index contributed by atoms with van der Waals surface area (Å²) in [4.78, 5) is 38.6. The summed E-state index contributed by atoms with van der Waals surface area (Å²) < 4.78 is 5.67. The minimum Gasteiger partial charge on any atom is -0.481 e. The van der Waals surface area contributed by atoms with Crippen molar-refractivity contribution in [1.29, 1.82) is 0 Å². The van der Waals surface area contributed by atoms with Crippen LogP contribution in [0, 0.1) is 17.8 Å². The molecule has 2 N–H and O–H groups in total. The summed E-state index contributed by atoms with van der Waals surface area (Å²) in [7, 11) is 0. The van der Waals surface area contributed by atoms with Gasteiger partial charge in [-0.1, -0.05) is 48.5 Å². The van der Waals surface area contributed by atoms with E-state index >= 15 is 0 Å². The van der Waals surface area contributed by atoms with E-state index in [1.54, 1.807) is 4.90 Å². The number of fused-ring (bicyclic) bond motifs is 4. The molecule has 7 rings (SSSR count). The number of carbonyl (C=O) groups excluding carboxylic acids is 2. The van der Waals surface area contributed by atoms with Gasteiger partial charge >= 0.3 is 12.1 Å². The fraction of sp³-hybridized carbons (Fsp3) is 0.464. The smallest absolute Gasteiger partial charge is 0.407 e. The number of rotatable bonds is 6. The van der Waals surface area contributed by atoms with Crippen molar-refractivity contribution in [2.24, 2.45) is 17.8 Å². The molecule has 3 unspecified atom stereocenters. The van der Waals surface area contributed by atoms with Gasteiger partial charge in [-0.3, -0.25) is 9.59 Å². The van der Waals surface area contributed by atoms with Gasteiger partial charge in [-0.25, -0.2) is 4.79 Å². The third-order valence-electron chi connectivity index (χ3n) is 8.57. The summed E-state index contributed by atoms with van der Waals surface area (Å²) in [6.45, 7) is 0.866. The van der Waals surface area contributed by atoms with Gasteiger partial charge in [0.2, 0.25) is 5.91 Å². The molecule has 2 saturated heterocycles. The molecule has 2 amide bonds. The van der Waals surface area contributed by atoms with Gasteiger partial charge in [-0.15, -0.1) is 0 Å². The van der Waals surface area contributed by atoms with Crippen LogP contribution in [0.3, 0.4) is 0 Å². The quantitative estimate of drug-likeness (QED) is 0.659. The number of carboxylic acid groups (broad SMARTS) is 1. The molecular weight excluding hydrogens is 444 g/mol. The molecule has 0 aromatic heterocycles. The van der Waals surface area contributed by atoms with Crippen LogP contribution < -0.4 is 5.32 Å². The lowest BCUT2D eigenvalue weighted by Crippen LogP contribution is -2.45. The summed E-state index contributed by atoms with van der Waals surface area (Å²) in [6.07, 6.45) is 3.29. The fourth-order valence-corrected chi connectivity index (χ4v) is 6.83. The number of hydrogen-bond acceptors (Lipinski definition) is 4. The molecule has 0 spiro atoms. The first-order valence-corrected chi connectivity index (χ1v) is 12.6. The lowest BCUT2D eigenvalue weighted by Gasteiger charge is -2.33. The van der Waals surface area contributed by atoms with Crippen LogP contribution in [-0.2, 0) is 14.3 Å². The number of carboxylic acids is 1. The maximum atomic E-state index is 12.8. The van der Waals surface area contributed by atoms with Crippen LogP contribution in [0.25, 0.3) is 11.1 Å². The second-order valence-corrected chi connectivity index (χ2v) is 10.5. The van der Waals surface area contributed by atoms with Crippen LogP contribution in [0.15, 0.2) is 48.5 Å². The zero-order valence-electron chi connectivity index (χ0n) is 19.6. The van der Waals surface area contributed by atoms with E-state index in [2.05, 4.69) is 29.6 Å². The Morgan fingerprint density at radius 1 is 0.971 bits per heavy atom. The van der Waals surface area contributed by atoms with E-state index < -0.39 is 12.1 Å². The highest BCUT2D eigenvalue weighted by molar-refractivity contribution is 5.81. The standard InChI is InChI=1S/C28H30N2O5/c31-25(30-14-17-13-24(30)26(17)27(32)33)12-16-9-10-18(11-16)29-28(34)35-15-23-21-7-3-1-5-19(21)20-6-2-4-8-22(20)23/h1-8,16-18,23-24,26H,9-15H2,(H,29,34)(H,32,33)/t16-,17?,18+,24?,26?/m0/s1. The van der Waals surface area contributed by atoms with Crippen LogP contribution in [0.1, 0.15) is 49.1 Å². The number of alkyl carbamates (subject to hydrolysis) is 1. The summed E-state index contributed by atoms with van der Waals surface area (Å²) in [5.74, 6) is -0.743. The number of aliphatic carboxylic acids is 1. The molecule has 2 aromatic rings. The molecule has 7 heteroatoms. The van der Waals surface area contributed by atoms with Gasteiger partial charge in [0.1, 0.15) is 6.61 Å². The minimum absolute atomic E-state index is 0.00229. The average molecular weight is 475 g/mol. The Bertz CT molecular complexity index is 1130.